The number of methoxy groups -OCH3 is 1. The number of thiophene rings is 1. The molecule has 1 aromatic heterocycles. The van der Waals surface area contributed by atoms with Crippen LogP contribution in [0, 0.1) is 0 Å². The molecule has 0 aliphatic heterocycles. The van der Waals surface area contributed by atoms with Crippen molar-refractivity contribution in [2.45, 2.75) is 6.42 Å². The zero-order valence-corrected chi connectivity index (χ0v) is 12.2. The van der Waals surface area contributed by atoms with Crippen molar-refractivity contribution in [2.24, 2.45) is 5.73 Å². The van der Waals surface area contributed by atoms with Gasteiger partial charge in [-0.05, 0) is 48.1 Å². The van der Waals surface area contributed by atoms with Crippen molar-refractivity contribution in [1.82, 2.24) is 0 Å². The molecular weight excluding hydrogens is 282 g/mol. The fourth-order valence-corrected chi connectivity index (χ4v) is 2.29. The number of hydrogen-bond donors (Lipinski definition) is 1. The zero-order chi connectivity index (χ0) is 14.1. The maximum Gasteiger partial charge on any atom is 0.256 e. The number of benzene rings is 1. The molecule has 0 amide bonds. The van der Waals surface area contributed by atoms with Gasteiger partial charge in [-0.3, -0.25) is 4.79 Å². The average Bonchev–Trinajstić information content (AvgIpc) is 2.93. The lowest BCUT2D eigenvalue weighted by molar-refractivity contribution is 0.107. The Hall–Kier alpha value is -1.36. The van der Waals surface area contributed by atoms with E-state index in [1.807, 2.05) is 0 Å². The van der Waals surface area contributed by atoms with E-state index in [9.17, 15) is 4.79 Å². The first kappa shape index (κ1) is 15.7. The van der Waals surface area contributed by atoms with Crippen LogP contribution in [0.5, 0.6) is 5.75 Å². The van der Waals surface area contributed by atoms with Gasteiger partial charge in [-0.15, -0.1) is 11.3 Å². The van der Waals surface area contributed by atoms with Gasteiger partial charge >= 0.3 is 0 Å². The Bertz CT molecular complexity index is 500. The second kappa shape index (κ2) is 8.69. The molecule has 0 atom stereocenters. The standard InChI is InChI=1S/C8H7ClO2.C6H9NS/c1-11-7-5-3-2-4-6(7)8(9)10;7-4-3-6-2-1-5-8-6/h2-5H,1H3;1-2,5H,3-4,7H2. The second-order valence-corrected chi connectivity index (χ2v) is 4.97. The van der Waals surface area contributed by atoms with Gasteiger partial charge in [-0.2, -0.15) is 0 Å². The van der Waals surface area contributed by atoms with E-state index in [-0.39, 0.29) is 0 Å². The number of rotatable bonds is 4. The van der Waals surface area contributed by atoms with Gasteiger partial charge in [0.15, 0.2) is 0 Å². The molecule has 0 spiro atoms. The first-order chi connectivity index (χ1) is 9.19. The highest BCUT2D eigenvalue weighted by Gasteiger charge is 2.06. The second-order valence-electron chi connectivity index (χ2n) is 3.59. The molecule has 0 aliphatic rings. The molecule has 1 heterocycles. The smallest absolute Gasteiger partial charge is 0.256 e. The molecule has 0 radical (unpaired) electrons. The molecule has 19 heavy (non-hydrogen) atoms. The van der Waals surface area contributed by atoms with Crippen LogP contribution >= 0.6 is 22.9 Å². The van der Waals surface area contributed by atoms with Gasteiger partial charge in [-0.25, -0.2) is 0 Å². The van der Waals surface area contributed by atoms with E-state index in [0.717, 1.165) is 13.0 Å². The fourth-order valence-electron chi connectivity index (χ4n) is 1.40. The average molecular weight is 298 g/mol. The summed E-state index contributed by atoms with van der Waals surface area (Å²) < 4.78 is 4.90. The minimum absolute atomic E-state index is 0.400. The zero-order valence-electron chi connectivity index (χ0n) is 10.6. The van der Waals surface area contributed by atoms with E-state index in [0.29, 0.717) is 11.3 Å². The molecule has 0 fully saturated rings. The van der Waals surface area contributed by atoms with Gasteiger partial charge in [0.25, 0.3) is 5.24 Å². The molecule has 0 aliphatic carbocycles. The van der Waals surface area contributed by atoms with Gasteiger partial charge in [0, 0.05) is 4.88 Å². The van der Waals surface area contributed by atoms with E-state index in [1.54, 1.807) is 35.6 Å². The third kappa shape index (κ3) is 5.42. The van der Waals surface area contributed by atoms with E-state index >= 15 is 0 Å². The number of ether oxygens (including phenoxy) is 1. The molecule has 1 aromatic carbocycles. The Balaban J connectivity index is 0.000000200. The van der Waals surface area contributed by atoms with Crippen LogP contribution in [0.4, 0.5) is 0 Å². The predicted octanol–water partition coefficient (Wildman–Crippen LogP) is 3.32. The van der Waals surface area contributed by atoms with Crippen LogP contribution in [0.3, 0.4) is 0 Å². The van der Waals surface area contributed by atoms with Crippen molar-refractivity contribution in [3.63, 3.8) is 0 Å². The summed E-state index contributed by atoms with van der Waals surface area (Å²) in [5.74, 6) is 0.507. The van der Waals surface area contributed by atoms with Crippen molar-refractivity contribution in [2.75, 3.05) is 13.7 Å². The largest absolute Gasteiger partial charge is 0.496 e. The predicted molar refractivity (Wildman–Crippen MR) is 80.3 cm³/mol. The van der Waals surface area contributed by atoms with Gasteiger partial charge < -0.3 is 10.5 Å². The lowest BCUT2D eigenvalue weighted by Crippen LogP contribution is -2.00. The molecule has 0 saturated heterocycles. The number of halogens is 1. The van der Waals surface area contributed by atoms with Gasteiger partial charge in [0.2, 0.25) is 0 Å². The van der Waals surface area contributed by atoms with Gasteiger partial charge in [0.1, 0.15) is 5.75 Å². The van der Waals surface area contributed by atoms with Crippen LogP contribution in [-0.4, -0.2) is 18.9 Å². The van der Waals surface area contributed by atoms with Crippen molar-refractivity contribution in [3.8, 4) is 5.75 Å². The summed E-state index contributed by atoms with van der Waals surface area (Å²) in [7, 11) is 1.50. The molecule has 2 aromatic rings. The Morgan fingerprint density at radius 3 is 2.53 bits per heavy atom. The van der Waals surface area contributed by atoms with Crippen molar-refractivity contribution in [3.05, 3.63) is 52.2 Å². The molecule has 2 rings (SSSR count). The molecule has 0 unspecified atom stereocenters. The van der Waals surface area contributed by atoms with Crippen LogP contribution in [0.2, 0.25) is 0 Å². The summed E-state index contributed by atoms with van der Waals surface area (Å²) >= 11 is 7.04. The van der Waals surface area contributed by atoms with E-state index < -0.39 is 5.24 Å². The molecular formula is C14H16ClNO2S. The highest BCUT2D eigenvalue weighted by Crippen LogP contribution is 2.18. The molecule has 102 valence electrons. The van der Waals surface area contributed by atoms with Crippen LogP contribution in [0.15, 0.2) is 41.8 Å². The SMILES string of the molecule is COc1ccccc1C(=O)Cl.NCCc1cccs1. The topological polar surface area (TPSA) is 52.3 Å². The Labute approximate surface area is 122 Å². The number of carbonyl (C=O) groups is 1. The van der Waals surface area contributed by atoms with Crippen LogP contribution in [0.25, 0.3) is 0 Å². The number of para-hydroxylation sites is 1. The summed E-state index contributed by atoms with van der Waals surface area (Å²) in [4.78, 5) is 12.1. The summed E-state index contributed by atoms with van der Waals surface area (Å²) in [5, 5.41) is 1.58. The van der Waals surface area contributed by atoms with Crippen LogP contribution in [-0.2, 0) is 6.42 Å². The highest BCUT2D eigenvalue weighted by atomic mass is 35.5. The van der Waals surface area contributed by atoms with E-state index in [2.05, 4.69) is 17.5 Å². The van der Waals surface area contributed by atoms with E-state index in [1.165, 1.54) is 12.0 Å². The summed E-state index contributed by atoms with van der Waals surface area (Å²) in [6.07, 6.45) is 1.03. The molecule has 5 heteroatoms. The number of hydrogen-bond acceptors (Lipinski definition) is 4. The Kier molecular flexibility index (Phi) is 7.18. The maximum absolute atomic E-state index is 10.7. The maximum atomic E-state index is 10.7. The number of carbonyl (C=O) groups excluding carboxylic acids is 1. The normalized spacial score (nSPS) is 9.42. The third-order valence-electron chi connectivity index (χ3n) is 2.29. The van der Waals surface area contributed by atoms with Crippen molar-refractivity contribution in [1.29, 1.82) is 0 Å². The Morgan fingerprint density at radius 2 is 2.05 bits per heavy atom. The highest BCUT2D eigenvalue weighted by molar-refractivity contribution is 7.09. The van der Waals surface area contributed by atoms with E-state index in [4.69, 9.17) is 22.1 Å². The Morgan fingerprint density at radius 1 is 1.32 bits per heavy atom. The molecule has 2 N–H and O–H groups in total. The van der Waals surface area contributed by atoms with Crippen molar-refractivity contribution < 1.29 is 9.53 Å². The first-order valence-corrected chi connectivity index (χ1v) is 7.00. The molecule has 0 saturated carbocycles. The lowest BCUT2D eigenvalue weighted by Gasteiger charge is -2.01. The summed E-state index contributed by atoms with van der Waals surface area (Å²) in [5.41, 5.74) is 5.73. The van der Waals surface area contributed by atoms with Crippen LogP contribution < -0.4 is 10.5 Å². The van der Waals surface area contributed by atoms with Crippen molar-refractivity contribution >= 4 is 28.2 Å². The molecule has 0 bridgehead atoms. The minimum atomic E-state index is -0.498. The quantitative estimate of drug-likeness (QED) is 0.881. The third-order valence-corrected chi connectivity index (χ3v) is 3.43. The minimum Gasteiger partial charge on any atom is -0.496 e. The van der Waals surface area contributed by atoms with Gasteiger partial charge in [-0.1, -0.05) is 18.2 Å². The first-order valence-electron chi connectivity index (χ1n) is 5.74. The monoisotopic (exact) mass is 297 g/mol. The summed E-state index contributed by atoms with van der Waals surface area (Å²) in [6.45, 7) is 0.764. The fraction of sp³-hybridized carbons (Fsp3) is 0.214. The molecule has 3 nitrogen and oxygen atoms in total. The lowest BCUT2D eigenvalue weighted by atomic mass is 10.2. The van der Waals surface area contributed by atoms with Crippen LogP contribution in [0.1, 0.15) is 15.2 Å². The number of nitrogens with two attached hydrogens (primary N) is 1. The summed E-state index contributed by atoms with van der Waals surface area (Å²) in [6, 6.07) is 11.0. The van der Waals surface area contributed by atoms with Gasteiger partial charge in [0.05, 0.1) is 12.7 Å².